The molecule has 0 aliphatic carbocycles. The van der Waals surface area contributed by atoms with Crippen molar-refractivity contribution in [2.75, 3.05) is 25.0 Å². The molecule has 2 N–H and O–H groups in total. The van der Waals surface area contributed by atoms with Crippen molar-refractivity contribution in [3.63, 3.8) is 0 Å². The average Bonchev–Trinajstić information content (AvgIpc) is 3.04. The molecule has 1 atom stereocenters. The first-order chi connectivity index (χ1) is 14.1. The number of hydrogen-bond acceptors (Lipinski definition) is 4. The SMILES string of the molecule is O=C(Nc1ccc(Cl)cc1)NC1CCCN(CCn2nc3n(c2=O)CCCC3)C1. The average molecular weight is 419 g/mol. The first kappa shape index (κ1) is 20.0. The van der Waals surface area contributed by atoms with Crippen molar-refractivity contribution in [2.45, 2.75) is 51.2 Å². The first-order valence-electron chi connectivity index (χ1n) is 10.3. The lowest BCUT2D eigenvalue weighted by Gasteiger charge is -2.33. The molecule has 9 heteroatoms. The zero-order valence-corrected chi connectivity index (χ0v) is 17.2. The minimum absolute atomic E-state index is 0.00808. The fraction of sp³-hybridized carbons (Fsp3) is 0.550. The Morgan fingerprint density at radius 2 is 1.97 bits per heavy atom. The lowest BCUT2D eigenvalue weighted by Crippen LogP contribution is -2.49. The summed E-state index contributed by atoms with van der Waals surface area (Å²) in [7, 11) is 0. The van der Waals surface area contributed by atoms with E-state index in [1.165, 1.54) is 0 Å². The smallest absolute Gasteiger partial charge is 0.334 e. The molecule has 0 radical (unpaired) electrons. The quantitative estimate of drug-likeness (QED) is 0.780. The van der Waals surface area contributed by atoms with Gasteiger partial charge in [0.1, 0.15) is 5.82 Å². The summed E-state index contributed by atoms with van der Waals surface area (Å²) < 4.78 is 3.41. The van der Waals surface area contributed by atoms with E-state index < -0.39 is 0 Å². The first-order valence-corrected chi connectivity index (χ1v) is 10.7. The van der Waals surface area contributed by atoms with Gasteiger partial charge in [0.05, 0.1) is 6.54 Å². The van der Waals surface area contributed by atoms with Crippen LogP contribution in [-0.4, -0.2) is 51.0 Å². The van der Waals surface area contributed by atoms with Crippen LogP contribution in [0.3, 0.4) is 0 Å². The zero-order chi connectivity index (χ0) is 20.2. The minimum atomic E-state index is -0.211. The Labute approximate surface area is 174 Å². The molecule has 2 aromatic rings. The third kappa shape index (κ3) is 5.00. The molecular weight excluding hydrogens is 392 g/mol. The van der Waals surface area contributed by atoms with E-state index in [4.69, 9.17) is 11.6 Å². The van der Waals surface area contributed by atoms with Crippen LogP contribution in [-0.2, 0) is 19.5 Å². The fourth-order valence-corrected chi connectivity index (χ4v) is 4.22. The molecule has 0 bridgehead atoms. The topological polar surface area (TPSA) is 84.2 Å². The number of halogens is 1. The number of hydrogen-bond donors (Lipinski definition) is 2. The van der Waals surface area contributed by atoms with E-state index >= 15 is 0 Å². The molecule has 0 saturated carbocycles. The van der Waals surface area contributed by atoms with E-state index in [0.717, 1.165) is 64.1 Å². The number of aromatic nitrogens is 3. The summed E-state index contributed by atoms with van der Waals surface area (Å²) in [6.45, 7) is 3.87. The van der Waals surface area contributed by atoms with Gasteiger partial charge in [-0.05, 0) is 56.5 Å². The molecule has 1 unspecified atom stereocenters. The standard InChI is InChI=1S/C20H27ClN6O2/c21-15-6-8-16(9-7-15)22-19(28)23-17-4-3-10-25(14-17)12-13-27-20(29)26-11-2-1-5-18(26)24-27/h6-9,17H,1-5,10-14H2,(H2,22,23,28). The largest absolute Gasteiger partial charge is 0.345 e. The van der Waals surface area contributed by atoms with Crippen LogP contribution < -0.4 is 16.3 Å². The Kier molecular flexibility index (Phi) is 6.20. The maximum Gasteiger partial charge on any atom is 0.345 e. The van der Waals surface area contributed by atoms with Crippen LogP contribution in [0.1, 0.15) is 31.5 Å². The van der Waals surface area contributed by atoms with Crippen LogP contribution in [0.4, 0.5) is 10.5 Å². The Morgan fingerprint density at radius 3 is 2.76 bits per heavy atom. The Bertz CT molecular complexity index is 907. The summed E-state index contributed by atoms with van der Waals surface area (Å²) in [6.07, 6.45) is 5.01. The van der Waals surface area contributed by atoms with Gasteiger partial charge in [0.15, 0.2) is 0 Å². The van der Waals surface area contributed by atoms with Crippen LogP contribution >= 0.6 is 11.6 Å². The second kappa shape index (κ2) is 9.00. The number of benzene rings is 1. The zero-order valence-electron chi connectivity index (χ0n) is 16.4. The normalized spacial score (nSPS) is 19.6. The van der Waals surface area contributed by atoms with E-state index in [1.807, 2.05) is 4.57 Å². The molecule has 2 amide bonds. The molecule has 1 aromatic heterocycles. The number of anilines is 1. The highest BCUT2D eigenvalue weighted by Gasteiger charge is 2.22. The van der Waals surface area contributed by atoms with E-state index in [1.54, 1.807) is 28.9 Å². The van der Waals surface area contributed by atoms with Gasteiger partial charge < -0.3 is 10.6 Å². The number of fused-ring (bicyclic) bond motifs is 1. The van der Waals surface area contributed by atoms with Gasteiger partial charge in [-0.2, -0.15) is 5.10 Å². The van der Waals surface area contributed by atoms with Gasteiger partial charge in [-0.15, -0.1) is 0 Å². The molecule has 0 spiro atoms. The molecule has 1 aromatic carbocycles. The molecular formula is C20H27ClN6O2. The summed E-state index contributed by atoms with van der Waals surface area (Å²) in [5, 5.41) is 11.0. The van der Waals surface area contributed by atoms with Crippen molar-refractivity contribution in [3.8, 4) is 0 Å². The molecule has 8 nitrogen and oxygen atoms in total. The highest BCUT2D eigenvalue weighted by Crippen LogP contribution is 2.14. The number of carbonyl (C=O) groups excluding carboxylic acids is 1. The lowest BCUT2D eigenvalue weighted by atomic mass is 10.1. The summed E-state index contributed by atoms with van der Waals surface area (Å²) in [4.78, 5) is 27.0. The van der Waals surface area contributed by atoms with Crippen molar-refractivity contribution in [1.29, 1.82) is 0 Å². The van der Waals surface area contributed by atoms with Crippen molar-refractivity contribution < 1.29 is 4.79 Å². The van der Waals surface area contributed by atoms with Gasteiger partial charge in [0, 0.05) is 42.8 Å². The molecule has 3 heterocycles. The molecule has 1 fully saturated rings. The molecule has 156 valence electrons. The van der Waals surface area contributed by atoms with E-state index in [9.17, 15) is 9.59 Å². The fourth-order valence-electron chi connectivity index (χ4n) is 4.09. The minimum Gasteiger partial charge on any atom is -0.334 e. The second-order valence-corrected chi connectivity index (χ2v) is 8.21. The van der Waals surface area contributed by atoms with Crippen LogP contribution in [0.25, 0.3) is 0 Å². The summed E-state index contributed by atoms with van der Waals surface area (Å²) in [5.41, 5.74) is 0.719. The number of likely N-dealkylation sites (tertiary alicyclic amines) is 1. The van der Waals surface area contributed by atoms with Gasteiger partial charge in [0.25, 0.3) is 0 Å². The van der Waals surface area contributed by atoms with E-state index in [0.29, 0.717) is 17.3 Å². The predicted molar refractivity (Wildman–Crippen MR) is 112 cm³/mol. The third-order valence-electron chi connectivity index (χ3n) is 5.60. The summed E-state index contributed by atoms with van der Waals surface area (Å²) >= 11 is 5.87. The monoisotopic (exact) mass is 418 g/mol. The van der Waals surface area contributed by atoms with Crippen LogP contribution in [0, 0.1) is 0 Å². The van der Waals surface area contributed by atoms with Gasteiger partial charge in [-0.25, -0.2) is 14.3 Å². The van der Waals surface area contributed by atoms with Gasteiger partial charge >= 0.3 is 11.7 Å². The van der Waals surface area contributed by atoms with Crippen LogP contribution in [0.15, 0.2) is 29.1 Å². The molecule has 1 saturated heterocycles. The predicted octanol–water partition coefficient (Wildman–Crippen LogP) is 2.32. The van der Waals surface area contributed by atoms with Gasteiger partial charge in [-0.3, -0.25) is 9.47 Å². The number of carbonyl (C=O) groups is 1. The van der Waals surface area contributed by atoms with Crippen LogP contribution in [0.2, 0.25) is 5.02 Å². The summed E-state index contributed by atoms with van der Waals surface area (Å²) in [6, 6.07) is 6.92. The lowest BCUT2D eigenvalue weighted by molar-refractivity contribution is 0.182. The highest BCUT2D eigenvalue weighted by atomic mass is 35.5. The van der Waals surface area contributed by atoms with Crippen molar-refractivity contribution >= 4 is 23.3 Å². The second-order valence-electron chi connectivity index (χ2n) is 7.78. The number of rotatable bonds is 5. The van der Waals surface area contributed by atoms with E-state index in [-0.39, 0.29) is 17.8 Å². The van der Waals surface area contributed by atoms with E-state index in [2.05, 4.69) is 20.6 Å². The maximum atomic E-state index is 12.5. The van der Waals surface area contributed by atoms with Crippen molar-refractivity contribution in [3.05, 3.63) is 45.6 Å². The molecule has 2 aliphatic rings. The Balaban J connectivity index is 1.27. The third-order valence-corrected chi connectivity index (χ3v) is 5.85. The number of nitrogens with one attached hydrogen (secondary N) is 2. The number of nitrogens with zero attached hydrogens (tertiary/aromatic N) is 4. The molecule has 29 heavy (non-hydrogen) atoms. The number of urea groups is 1. The van der Waals surface area contributed by atoms with Crippen molar-refractivity contribution in [2.24, 2.45) is 0 Å². The van der Waals surface area contributed by atoms with Crippen LogP contribution in [0.5, 0.6) is 0 Å². The summed E-state index contributed by atoms with van der Waals surface area (Å²) in [5.74, 6) is 0.915. The van der Waals surface area contributed by atoms with Gasteiger partial charge in [-0.1, -0.05) is 11.6 Å². The number of aryl methyl sites for hydroxylation is 1. The maximum absolute atomic E-state index is 12.5. The van der Waals surface area contributed by atoms with Crippen molar-refractivity contribution in [1.82, 2.24) is 24.6 Å². The van der Waals surface area contributed by atoms with Gasteiger partial charge in [0.2, 0.25) is 0 Å². The number of amides is 2. The Hall–Kier alpha value is -2.32. The molecule has 2 aliphatic heterocycles. The molecule has 4 rings (SSSR count). The Morgan fingerprint density at radius 1 is 1.14 bits per heavy atom. The number of piperidine rings is 1. The highest BCUT2D eigenvalue weighted by molar-refractivity contribution is 6.30.